The maximum atomic E-state index is 8.70. The summed E-state index contributed by atoms with van der Waals surface area (Å²) in [5.41, 5.74) is 0. The molecule has 21 heavy (non-hydrogen) atoms. The van der Waals surface area contributed by atoms with Crippen LogP contribution in [0.5, 0.6) is 11.5 Å². The molecule has 0 atom stereocenters. The van der Waals surface area contributed by atoms with Gasteiger partial charge in [0.1, 0.15) is 31.0 Å². The second kappa shape index (κ2) is 7.64. The summed E-state index contributed by atoms with van der Waals surface area (Å²) in [6, 6.07) is 7.28. The van der Waals surface area contributed by atoms with Crippen LogP contribution in [-0.2, 0) is 13.2 Å². The van der Waals surface area contributed by atoms with E-state index in [0.717, 1.165) is 18.1 Å². The summed E-state index contributed by atoms with van der Waals surface area (Å²) in [6.07, 6.45) is 1.55. The summed E-state index contributed by atoms with van der Waals surface area (Å²) < 4.78 is 12.9. The molecule has 2 rings (SSSR count). The van der Waals surface area contributed by atoms with Gasteiger partial charge in [0.15, 0.2) is 5.82 Å². The van der Waals surface area contributed by atoms with Crippen molar-refractivity contribution in [1.82, 2.24) is 14.8 Å². The van der Waals surface area contributed by atoms with E-state index in [1.165, 1.54) is 0 Å². The van der Waals surface area contributed by atoms with Crippen molar-refractivity contribution >= 4 is 0 Å². The number of hydrogen-bond acceptors (Lipinski definition) is 5. The van der Waals surface area contributed by atoms with Gasteiger partial charge in [-0.3, -0.25) is 0 Å². The van der Waals surface area contributed by atoms with E-state index in [-0.39, 0.29) is 6.61 Å². The van der Waals surface area contributed by atoms with Crippen LogP contribution >= 0.6 is 0 Å². The predicted molar refractivity (Wildman–Crippen MR) is 78.2 cm³/mol. The minimum Gasteiger partial charge on any atom is -0.491 e. The molecule has 0 fully saturated rings. The van der Waals surface area contributed by atoms with Crippen LogP contribution < -0.4 is 9.47 Å². The number of benzene rings is 1. The Bertz CT molecular complexity index is 537. The third kappa shape index (κ3) is 4.75. The van der Waals surface area contributed by atoms with Crippen molar-refractivity contribution in [3.05, 3.63) is 36.4 Å². The number of aliphatic hydroxyl groups is 1. The van der Waals surface area contributed by atoms with Crippen molar-refractivity contribution in [3.63, 3.8) is 0 Å². The van der Waals surface area contributed by atoms with Gasteiger partial charge in [-0.15, -0.1) is 0 Å². The van der Waals surface area contributed by atoms with E-state index < -0.39 is 0 Å². The summed E-state index contributed by atoms with van der Waals surface area (Å²) in [5, 5.41) is 12.9. The minimum atomic E-state index is 0.00373. The van der Waals surface area contributed by atoms with Crippen LogP contribution in [0.25, 0.3) is 0 Å². The van der Waals surface area contributed by atoms with Gasteiger partial charge < -0.3 is 14.6 Å². The fourth-order valence-electron chi connectivity index (χ4n) is 1.84. The van der Waals surface area contributed by atoms with Crippen molar-refractivity contribution in [3.8, 4) is 11.5 Å². The third-order valence-corrected chi connectivity index (χ3v) is 2.79. The molecule has 0 saturated heterocycles. The van der Waals surface area contributed by atoms with Crippen LogP contribution in [0.15, 0.2) is 30.6 Å². The van der Waals surface area contributed by atoms with Gasteiger partial charge >= 0.3 is 0 Å². The summed E-state index contributed by atoms with van der Waals surface area (Å²) in [7, 11) is 0. The zero-order valence-electron chi connectivity index (χ0n) is 12.4. The maximum absolute atomic E-state index is 8.70. The van der Waals surface area contributed by atoms with E-state index in [0.29, 0.717) is 24.9 Å². The lowest BCUT2D eigenvalue weighted by Gasteiger charge is -2.10. The quantitative estimate of drug-likeness (QED) is 0.804. The number of rotatable bonds is 8. The fraction of sp³-hybridized carbons (Fsp3) is 0.467. The molecule has 0 saturated carbocycles. The van der Waals surface area contributed by atoms with Crippen LogP contribution in [0.1, 0.15) is 19.7 Å². The molecule has 6 nitrogen and oxygen atoms in total. The molecule has 1 N–H and O–H groups in total. The Balaban J connectivity index is 1.89. The lowest BCUT2D eigenvalue weighted by atomic mass is 10.2. The second-order valence-electron chi connectivity index (χ2n) is 5.08. The van der Waals surface area contributed by atoms with Crippen LogP contribution in [-0.4, -0.2) is 33.1 Å². The van der Waals surface area contributed by atoms with Crippen LogP contribution in [0, 0.1) is 5.92 Å². The van der Waals surface area contributed by atoms with E-state index >= 15 is 0 Å². The van der Waals surface area contributed by atoms with Gasteiger partial charge in [-0.2, -0.15) is 5.10 Å². The summed E-state index contributed by atoms with van der Waals surface area (Å²) in [4.78, 5) is 4.22. The summed E-state index contributed by atoms with van der Waals surface area (Å²) >= 11 is 0. The largest absolute Gasteiger partial charge is 0.491 e. The first kappa shape index (κ1) is 15.3. The normalized spacial score (nSPS) is 10.9. The van der Waals surface area contributed by atoms with E-state index in [9.17, 15) is 0 Å². The third-order valence-electron chi connectivity index (χ3n) is 2.79. The molecular formula is C15H21N3O3. The zero-order chi connectivity index (χ0) is 15.1. The van der Waals surface area contributed by atoms with Gasteiger partial charge in [0.25, 0.3) is 0 Å². The first-order valence-electron chi connectivity index (χ1n) is 7.02. The zero-order valence-corrected chi connectivity index (χ0v) is 12.4. The Morgan fingerprint density at radius 3 is 2.43 bits per heavy atom. The lowest BCUT2D eigenvalue weighted by Crippen LogP contribution is -2.12. The highest BCUT2D eigenvalue weighted by Crippen LogP contribution is 2.18. The van der Waals surface area contributed by atoms with Gasteiger partial charge in [0.2, 0.25) is 0 Å². The van der Waals surface area contributed by atoms with Crippen LogP contribution in [0.2, 0.25) is 0 Å². The van der Waals surface area contributed by atoms with Gasteiger partial charge in [-0.1, -0.05) is 13.8 Å². The smallest absolute Gasteiger partial charge is 0.164 e. The molecule has 1 heterocycles. The van der Waals surface area contributed by atoms with E-state index in [1.54, 1.807) is 6.33 Å². The Morgan fingerprint density at radius 2 is 1.81 bits per heavy atom. The first-order chi connectivity index (χ1) is 10.2. The summed E-state index contributed by atoms with van der Waals surface area (Å²) in [6.45, 7) is 5.77. The number of hydrogen-bond donors (Lipinski definition) is 1. The average molecular weight is 291 g/mol. The van der Waals surface area contributed by atoms with Crippen molar-refractivity contribution in [1.29, 1.82) is 0 Å². The van der Waals surface area contributed by atoms with Crippen molar-refractivity contribution < 1.29 is 14.6 Å². The number of nitrogens with zero attached hydrogens (tertiary/aromatic N) is 3. The monoisotopic (exact) mass is 291 g/mol. The number of aliphatic hydroxyl groups excluding tert-OH is 1. The molecule has 1 aromatic heterocycles. The topological polar surface area (TPSA) is 69.4 Å². The van der Waals surface area contributed by atoms with Gasteiger partial charge in [-0.25, -0.2) is 9.67 Å². The molecule has 6 heteroatoms. The number of aromatic nitrogens is 3. The molecule has 0 bridgehead atoms. The van der Waals surface area contributed by atoms with Crippen molar-refractivity contribution in [2.45, 2.75) is 27.0 Å². The van der Waals surface area contributed by atoms with Gasteiger partial charge in [-0.05, 0) is 30.2 Å². The SMILES string of the molecule is CC(C)Cn1ncnc1COc1ccc(OCCO)cc1. The van der Waals surface area contributed by atoms with Crippen molar-refractivity contribution in [2.75, 3.05) is 13.2 Å². The van der Waals surface area contributed by atoms with Gasteiger partial charge in [0.05, 0.1) is 6.61 Å². The molecular weight excluding hydrogens is 270 g/mol. The molecule has 2 aromatic rings. The van der Waals surface area contributed by atoms with E-state index in [1.807, 2.05) is 28.9 Å². The molecule has 0 radical (unpaired) electrons. The molecule has 0 spiro atoms. The summed E-state index contributed by atoms with van der Waals surface area (Å²) in [5.74, 6) is 2.77. The highest BCUT2D eigenvalue weighted by molar-refractivity contribution is 5.31. The average Bonchev–Trinajstić information content (AvgIpc) is 2.90. The molecule has 1 aromatic carbocycles. The Morgan fingerprint density at radius 1 is 1.14 bits per heavy atom. The molecule has 0 aliphatic carbocycles. The molecule has 0 aliphatic rings. The lowest BCUT2D eigenvalue weighted by molar-refractivity contribution is 0.201. The standard InChI is InChI=1S/C15H21N3O3/c1-12(2)9-18-15(16-11-17-18)10-21-14-5-3-13(4-6-14)20-8-7-19/h3-6,11-12,19H,7-10H2,1-2H3. The Labute approximate surface area is 124 Å². The highest BCUT2D eigenvalue weighted by atomic mass is 16.5. The Kier molecular flexibility index (Phi) is 5.57. The molecule has 0 aliphatic heterocycles. The highest BCUT2D eigenvalue weighted by Gasteiger charge is 2.07. The van der Waals surface area contributed by atoms with Crippen molar-refractivity contribution in [2.24, 2.45) is 5.92 Å². The van der Waals surface area contributed by atoms with Crippen LogP contribution in [0.3, 0.4) is 0 Å². The molecule has 0 unspecified atom stereocenters. The van der Waals surface area contributed by atoms with Crippen LogP contribution in [0.4, 0.5) is 0 Å². The molecule has 0 amide bonds. The maximum Gasteiger partial charge on any atom is 0.164 e. The second-order valence-corrected chi connectivity index (χ2v) is 5.08. The first-order valence-corrected chi connectivity index (χ1v) is 7.02. The van der Waals surface area contributed by atoms with E-state index in [4.69, 9.17) is 14.6 Å². The van der Waals surface area contributed by atoms with E-state index in [2.05, 4.69) is 23.9 Å². The van der Waals surface area contributed by atoms with Gasteiger partial charge in [0, 0.05) is 6.54 Å². The molecule has 114 valence electrons. The Hall–Kier alpha value is -2.08. The predicted octanol–water partition coefficient (Wildman–Crippen LogP) is 1.88. The minimum absolute atomic E-state index is 0.00373. The fourth-order valence-corrected chi connectivity index (χ4v) is 1.84. The number of ether oxygens (including phenoxy) is 2.